The van der Waals surface area contributed by atoms with Crippen LogP contribution < -0.4 is 0 Å². The maximum atomic E-state index is 11.4. The van der Waals surface area contributed by atoms with E-state index in [2.05, 4.69) is 0 Å². The van der Waals surface area contributed by atoms with Gasteiger partial charge in [-0.15, -0.1) is 0 Å². The summed E-state index contributed by atoms with van der Waals surface area (Å²) in [6.45, 7) is 0.770. The van der Waals surface area contributed by atoms with Crippen LogP contribution >= 0.6 is 0 Å². The van der Waals surface area contributed by atoms with Gasteiger partial charge in [-0.25, -0.2) is 0 Å². The zero-order valence-electron chi connectivity index (χ0n) is 14.1. The predicted octanol–water partition coefficient (Wildman–Crippen LogP) is 2.73. The molecule has 25 heavy (non-hydrogen) atoms. The second-order valence-electron chi connectivity index (χ2n) is 5.86. The van der Waals surface area contributed by atoms with Crippen LogP contribution in [0, 0.1) is 0 Å². The topological polar surface area (TPSA) is 54.0 Å². The van der Waals surface area contributed by atoms with Gasteiger partial charge in [0.25, 0.3) is 0 Å². The van der Waals surface area contributed by atoms with E-state index in [0.29, 0.717) is 13.2 Å². The van der Waals surface area contributed by atoms with Crippen LogP contribution in [-0.4, -0.2) is 38.0 Å². The van der Waals surface area contributed by atoms with E-state index in [1.54, 1.807) is 0 Å². The molecule has 2 aromatic carbocycles. The lowest BCUT2D eigenvalue weighted by Gasteiger charge is -2.23. The van der Waals surface area contributed by atoms with Crippen molar-refractivity contribution in [1.82, 2.24) is 0 Å². The first-order chi connectivity index (χ1) is 12.3. The Morgan fingerprint density at radius 1 is 0.880 bits per heavy atom. The molecule has 0 saturated carbocycles. The fourth-order valence-electron chi connectivity index (χ4n) is 2.85. The molecule has 4 unspecified atom stereocenters. The van der Waals surface area contributed by atoms with E-state index in [1.165, 1.54) is 7.11 Å². The average Bonchev–Trinajstić information content (AvgIpc) is 3.03. The molecule has 132 valence electrons. The van der Waals surface area contributed by atoms with Crippen LogP contribution in [0.2, 0.25) is 0 Å². The Morgan fingerprint density at radius 2 is 1.40 bits per heavy atom. The van der Waals surface area contributed by atoms with E-state index in [4.69, 9.17) is 18.9 Å². The zero-order valence-corrected chi connectivity index (χ0v) is 14.1. The third-order valence-electron chi connectivity index (χ3n) is 4.14. The molecular weight excluding hydrogens is 320 g/mol. The number of carbonyl (C=O) groups is 1. The van der Waals surface area contributed by atoms with Gasteiger partial charge >= 0.3 is 0 Å². The van der Waals surface area contributed by atoms with Gasteiger partial charge in [-0.2, -0.15) is 0 Å². The van der Waals surface area contributed by atoms with Crippen LogP contribution in [0.3, 0.4) is 0 Å². The molecule has 5 heteroatoms. The lowest BCUT2D eigenvalue weighted by molar-refractivity contribution is -0.167. The maximum Gasteiger partial charge on any atom is 0.187 e. The Labute approximate surface area is 147 Å². The highest BCUT2D eigenvalue weighted by atomic mass is 16.7. The maximum absolute atomic E-state index is 11.4. The first-order valence-corrected chi connectivity index (χ1v) is 8.26. The number of benzene rings is 2. The predicted molar refractivity (Wildman–Crippen MR) is 91.8 cm³/mol. The first-order valence-electron chi connectivity index (χ1n) is 8.26. The summed E-state index contributed by atoms with van der Waals surface area (Å²) in [7, 11) is 1.53. The van der Waals surface area contributed by atoms with Gasteiger partial charge < -0.3 is 23.7 Å². The molecule has 1 heterocycles. The number of hydrogen-bond acceptors (Lipinski definition) is 5. The fourth-order valence-corrected chi connectivity index (χ4v) is 2.85. The van der Waals surface area contributed by atoms with E-state index in [9.17, 15) is 4.79 Å². The summed E-state index contributed by atoms with van der Waals surface area (Å²) in [4.78, 5) is 11.4. The van der Waals surface area contributed by atoms with Crippen LogP contribution in [0.15, 0.2) is 60.7 Å². The van der Waals surface area contributed by atoms with Crippen LogP contribution in [0.5, 0.6) is 0 Å². The quantitative estimate of drug-likeness (QED) is 0.691. The van der Waals surface area contributed by atoms with E-state index < -0.39 is 24.6 Å². The van der Waals surface area contributed by atoms with Crippen molar-refractivity contribution in [2.45, 2.75) is 37.8 Å². The molecule has 1 saturated heterocycles. The van der Waals surface area contributed by atoms with Crippen molar-refractivity contribution < 1.29 is 23.7 Å². The molecule has 0 radical (unpaired) electrons. The molecule has 1 aliphatic rings. The van der Waals surface area contributed by atoms with Crippen molar-refractivity contribution in [1.29, 1.82) is 0 Å². The number of hydrogen-bond donors (Lipinski definition) is 0. The third-order valence-corrected chi connectivity index (χ3v) is 4.14. The van der Waals surface area contributed by atoms with Crippen molar-refractivity contribution in [3.05, 3.63) is 71.8 Å². The lowest BCUT2D eigenvalue weighted by Crippen LogP contribution is -2.38. The Balaban J connectivity index is 1.67. The SMILES string of the molecule is COC1OC(C=O)C(OCc2ccccc2)C1OCc1ccccc1. The monoisotopic (exact) mass is 342 g/mol. The minimum atomic E-state index is -0.713. The van der Waals surface area contributed by atoms with Crippen molar-refractivity contribution in [3.63, 3.8) is 0 Å². The van der Waals surface area contributed by atoms with E-state index in [1.807, 2.05) is 60.7 Å². The van der Waals surface area contributed by atoms with Crippen LogP contribution in [0.1, 0.15) is 11.1 Å². The van der Waals surface area contributed by atoms with Crippen LogP contribution in [0.25, 0.3) is 0 Å². The number of ether oxygens (including phenoxy) is 4. The molecule has 0 spiro atoms. The molecule has 4 atom stereocenters. The number of rotatable bonds is 8. The van der Waals surface area contributed by atoms with Crippen molar-refractivity contribution in [2.24, 2.45) is 0 Å². The molecule has 0 amide bonds. The van der Waals surface area contributed by atoms with Gasteiger partial charge in [0.15, 0.2) is 12.6 Å². The molecule has 3 rings (SSSR count). The summed E-state index contributed by atoms with van der Waals surface area (Å²) in [6, 6.07) is 19.6. The normalized spacial score (nSPS) is 25.8. The second-order valence-corrected chi connectivity index (χ2v) is 5.86. The van der Waals surface area contributed by atoms with Gasteiger partial charge in [0.05, 0.1) is 13.2 Å². The Kier molecular flexibility index (Phi) is 6.30. The van der Waals surface area contributed by atoms with Crippen molar-refractivity contribution in [3.8, 4) is 0 Å². The highest BCUT2D eigenvalue weighted by molar-refractivity contribution is 5.58. The molecule has 0 bridgehead atoms. The first kappa shape index (κ1) is 17.8. The molecule has 5 nitrogen and oxygen atoms in total. The molecule has 0 aliphatic carbocycles. The Bertz CT molecular complexity index is 646. The van der Waals surface area contributed by atoms with Crippen LogP contribution in [-0.2, 0) is 37.0 Å². The summed E-state index contributed by atoms with van der Waals surface area (Å²) >= 11 is 0. The third kappa shape index (κ3) is 4.52. The second kappa shape index (κ2) is 8.87. The van der Waals surface area contributed by atoms with Gasteiger partial charge in [-0.1, -0.05) is 60.7 Å². The van der Waals surface area contributed by atoms with Crippen molar-refractivity contribution >= 4 is 6.29 Å². The highest BCUT2D eigenvalue weighted by Crippen LogP contribution is 2.28. The van der Waals surface area contributed by atoms with E-state index >= 15 is 0 Å². The number of methoxy groups -OCH3 is 1. The Hall–Kier alpha value is -2.05. The molecule has 1 fully saturated rings. The molecule has 1 aliphatic heterocycles. The molecular formula is C20H22O5. The average molecular weight is 342 g/mol. The number of aldehydes is 1. The van der Waals surface area contributed by atoms with E-state index in [-0.39, 0.29) is 0 Å². The minimum Gasteiger partial charge on any atom is -0.367 e. The van der Waals surface area contributed by atoms with Gasteiger partial charge in [0, 0.05) is 7.11 Å². The van der Waals surface area contributed by atoms with E-state index in [0.717, 1.165) is 17.4 Å². The highest BCUT2D eigenvalue weighted by Gasteiger charge is 2.46. The minimum absolute atomic E-state index is 0.376. The Morgan fingerprint density at radius 3 is 1.88 bits per heavy atom. The molecule has 0 N–H and O–H groups in total. The summed E-state index contributed by atoms with van der Waals surface area (Å²) in [5.41, 5.74) is 2.06. The van der Waals surface area contributed by atoms with Crippen LogP contribution in [0.4, 0.5) is 0 Å². The van der Waals surface area contributed by atoms with Gasteiger partial charge in [-0.05, 0) is 11.1 Å². The standard InChI is InChI=1S/C20H22O5/c1-22-20-19(24-14-16-10-6-3-7-11-16)18(17(12-21)25-20)23-13-15-8-4-2-5-9-15/h2-12,17-20H,13-14H2,1H3. The lowest BCUT2D eigenvalue weighted by atomic mass is 10.1. The molecule has 2 aromatic rings. The smallest absolute Gasteiger partial charge is 0.187 e. The summed E-state index contributed by atoms with van der Waals surface area (Å²) in [5.74, 6) is 0. The zero-order chi connectivity index (χ0) is 17.5. The summed E-state index contributed by atoms with van der Waals surface area (Å²) in [5, 5.41) is 0. The summed E-state index contributed by atoms with van der Waals surface area (Å²) in [6.07, 6.45) is -1.61. The van der Waals surface area contributed by atoms with Gasteiger partial charge in [-0.3, -0.25) is 0 Å². The van der Waals surface area contributed by atoms with Crippen molar-refractivity contribution in [2.75, 3.05) is 7.11 Å². The van der Waals surface area contributed by atoms with Gasteiger partial charge in [0.1, 0.15) is 18.3 Å². The fraction of sp³-hybridized carbons (Fsp3) is 0.350. The molecule has 0 aromatic heterocycles. The largest absolute Gasteiger partial charge is 0.367 e. The van der Waals surface area contributed by atoms with Gasteiger partial charge in [0.2, 0.25) is 0 Å². The number of carbonyl (C=O) groups excluding carboxylic acids is 1. The summed E-state index contributed by atoms with van der Waals surface area (Å²) < 4.78 is 22.9.